The fourth-order valence-electron chi connectivity index (χ4n) is 1.49. The number of carbonyl (C=O) groups is 2. The molecule has 25 heavy (non-hydrogen) atoms. The summed E-state index contributed by atoms with van der Waals surface area (Å²) in [5, 5.41) is 4.54. The predicted molar refractivity (Wildman–Crippen MR) is 95.8 cm³/mol. The van der Waals surface area contributed by atoms with Crippen molar-refractivity contribution < 1.29 is 28.5 Å². The molecular weight excluding hydrogens is 347 g/mol. The number of ether oxygens (including phenoxy) is 2. The number of carbonyl (C=O) groups excluding carboxylic acids is 2. The van der Waals surface area contributed by atoms with Gasteiger partial charge in [-0.25, -0.2) is 10.2 Å². The van der Waals surface area contributed by atoms with Crippen molar-refractivity contribution in [2.45, 2.75) is 67.5 Å². The van der Waals surface area contributed by atoms with Crippen molar-refractivity contribution in [2.24, 2.45) is 10.8 Å². The summed E-state index contributed by atoms with van der Waals surface area (Å²) in [6.07, 6.45) is 0. The van der Waals surface area contributed by atoms with Gasteiger partial charge in [0.1, 0.15) is 12.1 Å². The van der Waals surface area contributed by atoms with E-state index in [4.69, 9.17) is 9.47 Å². The van der Waals surface area contributed by atoms with Gasteiger partial charge >= 0.3 is 19.6 Å². The van der Waals surface area contributed by atoms with Crippen LogP contribution >= 0.6 is 7.67 Å². The van der Waals surface area contributed by atoms with Crippen molar-refractivity contribution in [1.82, 2.24) is 10.2 Å². The quantitative estimate of drug-likeness (QED) is 0.434. The molecule has 0 heterocycles. The molecule has 0 aliphatic rings. The Balaban J connectivity index is 4.53. The maximum Gasteiger partial charge on any atom is 0.339 e. The van der Waals surface area contributed by atoms with Gasteiger partial charge in [-0.2, -0.15) is 0 Å². The van der Waals surface area contributed by atoms with Crippen molar-refractivity contribution in [2.75, 3.05) is 13.2 Å². The smallest absolute Gasteiger partial charge is 0.339 e. The van der Waals surface area contributed by atoms with Crippen LogP contribution in [0, 0.1) is 10.8 Å². The van der Waals surface area contributed by atoms with Gasteiger partial charge in [0, 0.05) is 0 Å². The lowest BCUT2D eigenvalue weighted by atomic mass is 9.99. The lowest BCUT2D eigenvalue weighted by molar-refractivity contribution is -0.148. The maximum absolute atomic E-state index is 12.2. The molecule has 0 saturated heterocycles. The maximum atomic E-state index is 12.2. The Morgan fingerprint density at radius 2 is 1.16 bits per heavy atom. The molecule has 0 aliphatic carbocycles. The van der Waals surface area contributed by atoms with Gasteiger partial charge < -0.3 is 14.4 Å². The van der Waals surface area contributed by atoms with Gasteiger partial charge in [-0.15, -0.1) is 0 Å². The normalized spacial score (nSPS) is 15.4. The zero-order valence-electron chi connectivity index (χ0n) is 16.5. The highest BCUT2D eigenvalue weighted by Gasteiger charge is 2.30. The molecule has 148 valence electrons. The highest BCUT2D eigenvalue weighted by Crippen LogP contribution is 2.31. The van der Waals surface area contributed by atoms with E-state index in [1.165, 1.54) is 13.8 Å². The fraction of sp³-hybridized carbons (Fsp3) is 0.875. The summed E-state index contributed by atoms with van der Waals surface area (Å²) in [5.41, 5.74) is -0.413. The van der Waals surface area contributed by atoms with Gasteiger partial charge in [0.15, 0.2) is 0 Å². The van der Waals surface area contributed by atoms with E-state index in [-0.39, 0.29) is 24.0 Å². The van der Waals surface area contributed by atoms with E-state index in [1.54, 1.807) is 0 Å². The molecule has 0 aliphatic heterocycles. The fourth-order valence-corrected chi connectivity index (χ4v) is 2.83. The number of rotatable bonds is 8. The molecule has 0 saturated carbocycles. The SMILES string of the molecule is C[C@H](NP(=O)(O)N[C@@H](C)C(=O)OCC(C)(C)C)C(=O)OCC(C)(C)C. The third-order valence-electron chi connectivity index (χ3n) is 2.74. The summed E-state index contributed by atoms with van der Waals surface area (Å²) in [6.45, 7) is 14.6. The first-order valence-electron chi connectivity index (χ1n) is 8.24. The first kappa shape index (κ1) is 24.1. The summed E-state index contributed by atoms with van der Waals surface area (Å²) in [6, 6.07) is -2.02. The van der Waals surface area contributed by atoms with E-state index in [1.807, 2.05) is 41.5 Å². The molecule has 0 bridgehead atoms. The van der Waals surface area contributed by atoms with Gasteiger partial charge in [-0.05, 0) is 24.7 Å². The molecule has 0 radical (unpaired) electrons. The second kappa shape index (κ2) is 9.12. The minimum Gasteiger partial charge on any atom is -0.464 e. The third-order valence-corrected chi connectivity index (χ3v) is 4.21. The van der Waals surface area contributed by atoms with Crippen LogP contribution in [0.15, 0.2) is 0 Å². The van der Waals surface area contributed by atoms with Crippen LogP contribution in [0.1, 0.15) is 55.4 Å². The molecule has 0 aromatic carbocycles. The molecule has 8 nitrogen and oxygen atoms in total. The molecular formula is C16H33N2O6P. The molecule has 0 spiro atoms. The Morgan fingerprint density at radius 1 is 0.880 bits per heavy atom. The van der Waals surface area contributed by atoms with Crippen LogP contribution in [0.25, 0.3) is 0 Å². The van der Waals surface area contributed by atoms with Gasteiger partial charge in [-0.3, -0.25) is 14.2 Å². The van der Waals surface area contributed by atoms with E-state index in [0.717, 1.165) is 0 Å². The van der Waals surface area contributed by atoms with E-state index < -0.39 is 31.7 Å². The minimum absolute atomic E-state index is 0.191. The van der Waals surface area contributed by atoms with E-state index in [0.29, 0.717) is 0 Å². The van der Waals surface area contributed by atoms with Gasteiger partial charge in [-0.1, -0.05) is 41.5 Å². The molecule has 0 aromatic rings. The van der Waals surface area contributed by atoms with Crippen molar-refractivity contribution in [1.29, 1.82) is 0 Å². The zero-order chi connectivity index (χ0) is 20.1. The largest absolute Gasteiger partial charge is 0.464 e. The second-order valence-corrected chi connectivity index (χ2v) is 10.3. The van der Waals surface area contributed by atoms with E-state index >= 15 is 0 Å². The average Bonchev–Trinajstić information content (AvgIpc) is 2.39. The van der Waals surface area contributed by atoms with Crippen LogP contribution in [-0.2, 0) is 23.6 Å². The Bertz CT molecular complexity index is 468. The average molecular weight is 380 g/mol. The van der Waals surface area contributed by atoms with Gasteiger partial charge in [0.25, 0.3) is 0 Å². The Hall–Kier alpha value is -0.950. The molecule has 0 amide bonds. The molecule has 9 heteroatoms. The standard InChI is InChI=1S/C16H33N2O6P/c1-11(13(19)23-9-15(3,4)5)17-25(21,22)18-12(2)14(20)24-10-16(6,7)8/h11-12H,9-10H2,1-8H3,(H3,17,18,21,22)/t11-,12-/m0/s1. The molecule has 0 unspecified atom stereocenters. The van der Waals surface area contributed by atoms with Crippen LogP contribution in [-0.4, -0.2) is 42.1 Å². The van der Waals surface area contributed by atoms with E-state index in [2.05, 4.69) is 10.2 Å². The molecule has 3 N–H and O–H groups in total. The molecule has 0 fully saturated rings. The predicted octanol–water partition coefficient (Wildman–Crippen LogP) is 2.22. The Labute approximate surface area is 150 Å². The first-order valence-corrected chi connectivity index (χ1v) is 9.90. The van der Waals surface area contributed by atoms with Crippen LogP contribution in [0.3, 0.4) is 0 Å². The van der Waals surface area contributed by atoms with Crippen molar-refractivity contribution >= 4 is 19.6 Å². The summed E-state index contributed by atoms with van der Waals surface area (Å²) < 4.78 is 22.3. The van der Waals surface area contributed by atoms with Crippen LogP contribution < -0.4 is 10.2 Å². The summed E-state index contributed by atoms with van der Waals surface area (Å²) >= 11 is 0. The van der Waals surface area contributed by atoms with Crippen molar-refractivity contribution in [3.8, 4) is 0 Å². The third kappa shape index (κ3) is 12.1. The Kier molecular flexibility index (Phi) is 8.78. The first-order chi connectivity index (χ1) is 11.0. The lowest BCUT2D eigenvalue weighted by Crippen LogP contribution is -2.42. The second-order valence-electron chi connectivity index (χ2n) is 8.61. The van der Waals surface area contributed by atoms with Crippen LogP contribution in [0.5, 0.6) is 0 Å². The minimum atomic E-state index is -4.14. The number of hydrogen-bond donors (Lipinski definition) is 3. The highest BCUT2D eigenvalue weighted by atomic mass is 31.2. The number of nitrogens with one attached hydrogen (secondary N) is 2. The van der Waals surface area contributed by atoms with Crippen molar-refractivity contribution in [3.05, 3.63) is 0 Å². The number of esters is 2. The summed E-state index contributed by atoms with van der Waals surface area (Å²) in [7, 11) is -4.14. The molecule has 0 aromatic heterocycles. The highest BCUT2D eigenvalue weighted by molar-refractivity contribution is 7.53. The summed E-state index contributed by atoms with van der Waals surface area (Å²) in [5.74, 6) is -1.29. The molecule has 0 rings (SSSR count). The number of hydrogen-bond acceptors (Lipinski definition) is 5. The zero-order valence-corrected chi connectivity index (χ0v) is 17.4. The van der Waals surface area contributed by atoms with Crippen molar-refractivity contribution in [3.63, 3.8) is 0 Å². The molecule has 2 atom stereocenters. The van der Waals surface area contributed by atoms with Crippen LogP contribution in [0.4, 0.5) is 0 Å². The van der Waals surface area contributed by atoms with Gasteiger partial charge in [0.05, 0.1) is 13.2 Å². The monoisotopic (exact) mass is 380 g/mol. The topological polar surface area (TPSA) is 114 Å². The lowest BCUT2D eigenvalue weighted by Gasteiger charge is -2.24. The Morgan fingerprint density at radius 3 is 1.40 bits per heavy atom. The van der Waals surface area contributed by atoms with Gasteiger partial charge in [0.2, 0.25) is 0 Å². The van der Waals surface area contributed by atoms with Crippen LogP contribution in [0.2, 0.25) is 0 Å². The van der Waals surface area contributed by atoms with E-state index in [9.17, 15) is 19.0 Å². The summed E-state index contributed by atoms with van der Waals surface area (Å²) in [4.78, 5) is 33.7.